The van der Waals surface area contributed by atoms with E-state index in [0.29, 0.717) is 49.9 Å². The molecule has 40 heavy (non-hydrogen) atoms. The van der Waals surface area contributed by atoms with Gasteiger partial charge in [-0.15, -0.1) is 0 Å². The molecule has 0 unspecified atom stereocenters. The van der Waals surface area contributed by atoms with Crippen LogP contribution in [0.1, 0.15) is 58.0 Å². The molecule has 8 heteroatoms. The molecule has 0 spiro atoms. The average molecular weight is 546 g/mol. The molecule has 1 aromatic heterocycles. The van der Waals surface area contributed by atoms with Crippen molar-refractivity contribution in [2.45, 2.75) is 39.3 Å². The van der Waals surface area contributed by atoms with Crippen LogP contribution in [0.15, 0.2) is 59.0 Å². The molecular formula is C32H39N3O5. The van der Waals surface area contributed by atoms with E-state index in [2.05, 4.69) is 42.2 Å². The Labute approximate surface area is 236 Å². The highest BCUT2D eigenvalue weighted by Crippen LogP contribution is 2.37. The van der Waals surface area contributed by atoms with Gasteiger partial charge in [-0.05, 0) is 54.3 Å². The molecule has 3 aromatic rings. The van der Waals surface area contributed by atoms with Crippen LogP contribution >= 0.6 is 0 Å². The summed E-state index contributed by atoms with van der Waals surface area (Å²) in [5, 5.41) is 0. The number of ether oxygens (including phenoxy) is 2. The van der Waals surface area contributed by atoms with Gasteiger partial charge in [0.25, 0.3) is 5.91 Å². The summed E-state index contributed by atoms with van der Waals surface area (Å²) in [6, 6.07) is 17.9. The summed E-state index contributed by atoms with van der Waals surface area (Å²) in [4.78, 5) is 32.0. The Bertz CT molecular complexity index is 1310. The van der Waals surface area contributed by atoms with Crippen LogP contribution < -0.4 is 4.74 Å². The van der Waals surface area contributed by atoms with Crippen molar-refractivity contribution in [1.82, 2.24) is 14.7 Å². The summed E-state index contributed by atoms with van der Waals surface area (Å²) in [6.45, 7) is 9.46. The largest absolute Gasteiger partial charge is 0.486 e. The lowest BCUT2D eigenvalue weighted by molar-refractivity contribution is -0.132. The Morgan fingerprint density at radius 2 is 1.75 bits per heavy atom. The molecule has 2 aliphatic rings. The second-order valence-electron chi connectivity index (χ2n) is 10.5. The SMILES string of the molecule is CCC(=O)N1CCc2ccc(OCc3ccc(C(=O)N4CCN(CCOC)CC4)o3)cc2[C@H]1c1ccc(C)cc1. The highest BCUT2D eigenvalue weighted by atomic mass is 16.5. The van der Waals surface area contributed by atoms with Crippen molar-refractivity contribution in [1.29, 1.82) is 0 Å². The number of aryl methyl sites for hydroxylation is 1. The quantitative estimate of drug-likeness (QED) is 0.395. The molecule has 5 rings (SSSR count). The van der Waals surface area contributed by atoms with Gasteiger partial charge in [0.05, 0.1) is 12.6 Å². The summed E-state index contributed by atoms with van der Waals surface area (Å²) in [7, 11) is 1.70. The van der Waals surface area contributed by atoms with E-state index >= 15 is 0 Å². The lowest BCUT2D eigenvalue weighted by Crippen LogP contribution is -2.49. The van der Waals surface area contributed by atoms with E-state index < -0.39 is 0 Å². The molecule has 1 saturated heterocycles. The number of methoxy groups -OCH3 is 1. The zero-order valence-corrected chi connectivity index (χ0v) is 23.7. The molecule has 2 aromatic carbocycles. The van der Waals surface area contributed by atoms with E-state index in [1.807, 2.05) is 28.9 Å². The summed E-state index contributed by atoms with van der Waals surface area (Å²) in [5.41, 5.74) is 4.60. The number of fused-ring (bicyclic) bond motifs is 1. The smallest absolute Gasteiger partial charge is 0.289 e. The maximum atomic E-state index is 13.0. The first-order valence-corrected chi connectivity index (χ1v) is 14.2. The highest BCUT2D eigenvalue weighted by Gasteiger charge is 2.32. The lowest BCUT2D eigenvalue weighted by atomic mass is 9.87. The van der Waals surface area contributed by atoms with Crippen LogP contribution in [-0.4, -0.2) is 79.5 Å². The number of benzene rings is 2. The van der Waals surface area contributed by atoms with Crippen molar-refractivity contribution in [2.24, 2.45) is 0 Å². The van der Waals surface area contributed by atoms with Crippen LogP contribution in [0.25, 0.3) is 0 Å². The van der Waals surface area contributed by atoms with Crippen LogP contribution in [0.4, 0.5) is 0 Å². The van der Waals surface area contributed by atoms with Crippen LogP contribution in [0.5, 0.6) is 5.75 Å². The third kappa shape index (κ3) is 6.24. The van der Waals surface area contributed by atoms with Crippen LogP contribution in [0.2, 0.25) is 0 Å². The Morgan fingerprint density at radius 3 is 2.48 bits per heavy atom. The molecule has 1 fully saturated rings. The van der Waals surface area contributed by atoms with E-state index in [1.165, 1.54) is 11.1 Å². The van der Waals surface area contributed by atoms with Crippen molar-refractivity contribution in [3.05, 3.63) is 88.4 Å². The van der Waals surface area contributed by atoms with Gasteiger partial charge in [-0.3, -0.25) is 14.5 Å². The second kappa shape index (κ2) is 12.7. The first-order valence-electron chi connectivity index (χ1n) is 14.2. The number of amides is 2. The maximum absolute atomic E-state index is 13.0. The van der Waals surface area contributed by atoms with Gasteiger partial charge in [-0.25, -0.2) is 0 Å². The molecule has 0 N–H and O–H groups in total. The van der Waals surface area contributed by atoms with Crippen LogP contribution in [-0.2, 0) is 22.6 Å². The van der Waals surface area contributed by atoms with Crippen LogP contribution in [0.3, 0.4) is 0 Å². The third-order valence-corrected chi connectivity index (χ3v) is 7.89. The number of piperazine rings is 1. The van der Waals surface area contributed by atoms with Gasteiger partial charge in [0, 0.05) is 52.8 Å². The fourth-order valence-electron chi connectivity index (χ4n) is 5.54. The van der Waals surface area contributed by atoms with E-state index in [1.54, 1.807) is 19.2 Å². The molecule has 0 bridgehead atoms. The van der Waals surface area contributed by atoms with Crippen molar-refractivity contribution in [3.63, 3.8) is 0 Å². The van der Waals surface area contributed by atoms with Gasteiger partial charge < -0.3 is 23.7 Å². The number of hydrogen-bond acceptors (Lipinski definition) is 6. The van der Waals surface area contributed by atoms with Crippen molar-refractivity contribution in [3.8, 4) is 5.75 Å². The van der Waals surface area contributed by atoms with Crippen LogP contribution in [0, 0.1) is 6.92 Å². The molecule has 2 aliphatic heterocycles. The van der Waals surface area contributed by atoms with Crippen molar-refractivity contribution < 1.29 is 23.5 Å². The third-order valence-electron chi connectivity index (χ3n) is 7.89. The number of furan rings is 1. The lowest BCUT2D eigenvalue weighted by Gasteiger charge is -2.38. The van der Waals surface area contributed by atoms with E-state index in [-0.39, 0.29) is 24.5 Å². The number of carbonyl (C=O) groups excluding carboxylic acids is 2. The average Bonchev–Trinajstić information content (AvgIpc) is 3.47. The fraction of sp³-hybridized carbons (Fsp3) is 0.438. The predicted molar refractivity (Wildman–Crippen MR) is 152 cm³/mol. The Hall–Kier alpha value is -3.62. The summed E-state index contributed by atoms with van der Waals surface area (Å²) in [5.74, 6) is 1.69. The Morgan fingerprint density at radius 1 is 0.975 bits per heavy atom. The molecular weight excluding hydrogens is 506 g/mol. The molecule has 3 heterocycles. The second-order valence-corrected chi connectivity index (χ2v) is 10.5. The topological polar surface area (TPSA) is 75.5 Å². The molecule has 8 nitrogen and oxygen atoms in total. The predicted octanol–water partition coefficient (Wildman–Crippen LogP) is 4.46. The van der Waals surface area contributed by atoms with Gasteiger partial charge in [0.15, 0.2) is 5.76 Å². The minimum Gasteiger partial charge on any atom is -0.486 e. The van der Waals surface area contributed by atoms with Gasteiger partial charge in [0.1, 0.15) is 18.1 Å². The molecule has 0 aliphatic carbocycles. The van der Waals surface area contributed by atoms with Gasteiger partial charge in [-0.2, -0.15) is 0 Å². The fourth-order valence-corrected chi connectivity index (χ4v) is 5.54. The molecule has 2 amide bonds. The first-order chi connectivity index (χ1) is 19.5. The van der Waals surface area contributed by atoms with Gasteiger partial charge >= 0.3 is 0 Å². The van der Waals surface area contributed by atoms with Crippen molar-refractivity contribution in [2.75, 3.05) is 53.0 Å². The first kappa shape index (κ1) is 27.9. The molecule has 212 valence electrons. The molecule has 0 saturated carbocycles. The van der Waals surface area contributed by atoms with Crippen molar-refractivity contribution >= 4 is 11.8 Å². The number of nitrogens with zero attached hydrogens (tertiary/aromatic N) is 3. The zero-order valence-electron chi connectivity index (χ0n) is 23.7. The highest BCUT2D eigenvalue weighted by molar-refractivity contribution is 5.91. The van der Waals surface area contributed by atoms with E-state index in [4.69, 9.17) is 13.9 Å². The summed E-state index contributed by atoms with van der Waals surface area (Å²) >= 11 is 0. The monoisotopic (exact) mass is 545 g/mol. The van der Waals surface area contributed by atoms with Gasteiger partial charge in [0.2, 0.25) is 5.91 Å². The Kier molecular flexibility index (Phi) is 8.87. The number of carbonyl (C=O) groups is 2. The molecule has 0 radical (unpaired) electrons. The van der Waals surface area contributed by atoms with E-state index in [9.17, 15) is 9.59 Å². The Balaban J connectivity index is 1.26. The van der Waals surface area contributed by atoms with E-state index in [0.717, 1.165) is 37.2 Å². The number of rotatable bonds is 9. The zero-order chi connectivity index (χ0) is 28.1. The summed E-state index contributed by atoms with van der Waals surface area (Å²) in [6.07, 6.45) is 1.28. The standard InChI is InChI=1S/C32H39N3O5/c1-4-30(36)35-14-13-24-9-10-26(21-28(24)31(35)25-7-5-23(2)6-8-25)39-22-27-11-12-29(40-27)32(37)34-17-15-33(16-18-34)19-20-38-3/h5-12,21,31H,4,13-20,22H2,1-3H3/t31-/m1/s1. The number of hydrogen-bond donors (Lipinski definition) is 0. The normalized spacial score (nSPS) is 17.5. The minimum atomic E-state index is -0.150. The summed E-state index contributed by atoms with van der Waals surface area (Å²) < 4.78 is 17.2. The minimum absolute atomic E-state index is 0.0898. The maximum Gasteiger partial charge on any atom is 0.289 e. The van der Waals surface area contributed by atoms with Gasteiger partial charge in [-0.1, -0.05) is 42.8 Å². The molecule has 1 atom stereocenters.